The van der Waals surface area contributed by atoms with E-state index < -0.39 is 5.54 Å². The van der Waals surface area contributed by atoms with E-state index in [0.29, 0.717) is 6.54 Å². The van der Waals surface area contributed by atoms with Crippen molar-refractivity contribution in [3.63, 3.8) is 0 Å². The summed E-state index contributed by atoms with van der Waals surface area (Å²) in [4.78, 5) is 12.4. The van der Waals surface area contributed by atoms with Crippen LogP contribution >= 0.6 is 28.3 Å². The van der Waals surface area contributed by atoms with Crippen molar-refractivity contribution >= 4 is 34.2 Å². The van der Waals surface area contributed by atoms with E-state index in [1.165, 1.54) is 0 Å². The summed E-state index contributed by atoms with van der Waals surface area (Å²) >= 11 is 3.40. The maximum Gasteiger partial charge on any atom is 0.244 e. The predicted octanol–water partition coefficient (Wildman–Crippen LogP) is 3.63. The van der Waals surface area contributed by atoms with Crippen LogP contribution in [0.4, 0.5) is 0 Å². The Labute approximate surface area is 157 Å². The lowest BCUT2D eigenvalue weighted by Crippen LogP contribution is -2.50. The van der Waals surface area contributed by atoms with Gasteiger partial charge in [0.25, 0.3) is 0 Å². The van der Waals surface area contributed by atoms with Gasteiger partial charge in [0.15, 0.2) is 0 Å². The first kappa shape index (κ1) is 20.5. The van der Waals surface area contributed by atoms with Gasteiger partial charge >= 0.3 is 0 Å². The van der Waals surface area contributed by atoms with E-state index in [9.17, 15) is 4.79 Å². The highest BCUT2D eigenvalue weighted by Gasteiger charge is 2.30. The van der Waals surface area contributed by atoms with Crippen molar-refractivity contribution in [1.82, 2.24) is 5.32 Å². The lowest BCUT2D eigenvalue weighted by molar-refractivity contribution is -0.126. The fourth-order valence-corrected chi connectivity index (χ4v) is 2.53. The first-order chi connectivity index (χ1) is 10.9. The number of hydrogen-bond donors (Lipinski definition) is 2. The van der Waals surface area contributed by atoms with E-state index in [2.05, 4.69) is 21.2 Å². The van der Waals surface area contributed by atoms with Crippen LogP contribution < -0.4 is 15.8 Å². The van der Waals surface area contributed by atoms with Crippen molar-refractivity contribution in [2.45, 2.75) is 25.5 Å². The molecule has 4 nitrogen and oxygen atoms in total. The molecule has 0 aliphatic heterocycles. The number of hydrogen-bond acceptors (Lipinski definition) is 3. The Morgan fingerprint density at radius 2 is 1.92 bits per heavy atom. The van der Waals surface area contributed by atoms with E-state index in [0.717, 1.165) is 15.8 Å². The van der Waals surface area contributed by atoms with Gasteiger partial charge in [-0.15, -0.1) is 12.4 Å². The molecular weight excluding hydrogens is 392 g/mol. The number of carbonyl (C=O) groups excluding carboxylic acids is 1. The van der Waals surface area contributed by atoms with Gasteiger partial charge in [0.2, 0.25) is 5.91 Å². The Kier molecular flexibility index (Phi) is 7.73. The minimum Gasteiger partial charge on any atom is -0.489 e. The van der Waals surface area contributed by atoms with Crippen LogP contribution in [0.1, 0.15) is 19.4 Å². The molecular formula is C18H22BrClN2O2. The quantitative estimate of drug-likeness (QED) is 0.760. The molecule has 2 aromatic rings. The summed E-state index contributed by atoms with van der Waals surface area (Å²) in [7, 11) is 0. The Bertz CT molecular complexity index is 665. The van der Waals surface area contributed by atoms with Crippen molar-refractivity contribution in [1.29, 1.82) is 0 Å². The third-order valence-corrected chi connectivity index (χ3v) is 4.02. The summed E-state index contributed by atoms with van der Waals surface area (Å²) in [5.74, 6) is 0.521. The highest BCUT2D eigenvalue weighted by atomic mass is 79.9. The zero-order chi connectivity index (χ0) is 16.9. The summed E-state index contributed by atoms with van der Waals surface area (Å²) in [6, 6.07) is 16.9. The van der Waals surface area contributed by atoms with Crippen LogP contribution in [0, 0.1) is 0 Å². The maximum absolute atomic E-state index is 12.4. The van der Waals surface area contributed by atoms with E-state index in [4.69, 9.17) is 10.5 Å². The van der Waals surface area contributed by atoms with Crippen LogP contribution in [-0.4, -0.2) is 18.6 Å². The van der Waals surface area contributed by atoms with Gasteiger partial charge in [0.05, 0.1) is 6.54 Å². The summed E-state index contributed by atoms with van der Waals surface area (Å²) in [6.45, 7) is 3.99. The third kappa shape index (κ3) is 5.51. The van der Waals surface area contributed by atoms with Gasteiger partial charge in [-0.2, -0.15) is 0 Å². The van der Waals surface area contributed by atoms with Gasteiger partial charge < -0.3 is 15.8 Å². The number of ether oxygens (including phenoxy) is 1. The smallest absolute Gasteiger partial charge is 0.244 e. The van der Waals surface area contributed by atoms with Gasteiger partial charge in [0.1, 0.15) is 17.4 Å². The number of nitrogens with two attached hydrogens (primary N) is 1. The number of carbonyl (C=O) groups is 1. The lowest BCUT2D eigenvalue weighted by atomic mass is 9.92. The first-order valence-corrected chi connectivity index (χ1v) is 8.24. The largest absolute Gasteiger partial charge is 0.489 e. The molecule has 0 saturated heterocycles. The summed E-state index contributed by atoms with van der Waals surface area (Å²) < 4.78 is 6.73. The molecule has 0 saturated carbocycles. The van der Waals surface area contributed by atoms with Gasteiger partial charge in [-0.3, -0.25) is 4.79 Å². The molecule has 0 heterocycles. The Hall–Kier alpha value is -1.56. The Balaban J connectivity index is 0.00000288. The van der Waals surface area contributed by atoms with Crippen molar-refractivity contribution in [3.8, 4) is 5.75 Å². The monoisotopic (exact) mass is 412 g/mol. The third-order valence-electron chi connectivity index (χ3n) is 3.53. The average molecular weight is 414 g/mol. The molecule has 2 unspecified atom stereocenters. The molecule has 0 aliphatic rings. The van der Waals surface area contributed by atoms with E-state index >= 15 is 0 Å². The van der Waals surface area contributed by atoms with Crippen molar-refractivity contribution in [2.75, 3.05) is 6.54 Å². The number of benzene rings is 2. The molecule has 0 spiro atoms. The molecule has 2 aromatic carbocycles. The van der Waals surface area contributed by atoms with E-state index in [1.807, 2.05) is 61.5 Å². The number of nitrogens with one attached hydrogen (secondary N) is 1. The van der Waals surface area contributed by atoms with Gasteiger partial charge in [-0.1, -0.05) is 52.3 Å². The summed E-state index contributed by atoms with van der Waals surface area (Å²) in [6.07, 6.45) is -0.167. The van der Waals surface area contributed by atoms with Crippen LogP contribution in [0.2, 0.25) is 0 Å². The molecule has 0 fully saturated rings. The van der Waals surface area contributed by atoms with Gasteiger partial charge in [-0.05, 0) is 37.6 Å². The average Bonchev–Trinajstić information content (AvgIpc) is 2.53. The molecule has 1 amide bonds. The molecule has 6 heteroatoms. The molecule has 0 aliphatic carbocycles. The molecule has 130 valence electrons. The number of rotatable bonds is 6. The first-order valence-electron chi connectivity index (χ1n) is 7.44. The fourth-order valence-electron chi connectivity index (χ4n) is 2.15. The number of halogens is 2. The van der Waals surface area contributed by atoms with Crippen LogP contribution in [0.5, 0.6) is 5.75 Å². The topological polar surface area (TPSA) is 64.4 Å². The van der Waals surface area contributed by atoms with E-state index in [-0.39, 0.29) is 24.4 Å². The molecule has 2 rings (SSSR count). The van der Waals surface area contributed by atoms with Crippen molar-refractivity contribution in [2.24, 2.45) is 5.73 Å². The molecule has 0 radical (unpaired) electrons. The second kappa shape index (κ2) is 9.06. The second-order valence-corrected chi connectivity index (χ2v) is 6.58. The lowest BCUT2D eigenvalue weighted by Gasteiger charge is -2.25. The summed E-state index contributed by atoms with van der Waals surface area (Å²) in [5, 5.41) is 2.86. The van der Waals surface area contributed by atoms with Gasteiger partial charge in [0, 0.05) is 4.47 Å². The van der Waals surface area contributed by atoms with Crippen molar-refractivity contribution in [3.05, 3.63) is 64.6 Å². The standard InChI is InChI=1S/C18H21BrN2O2.ClH/c1-13(23-16-10-6-9-15(19)11-16)12-21-17(22)18(2,20)14-7-4-3-5-8-14;/h3-11,13H,12,20H2,1-2H3,(H,21,22);1H. The molecule has 3 N–H and O–H groups in total. The SMILES string of the molecule is CC(CNC(=O)C(C)(N)c1ccccc1)Oc1cccc(Br)c1.Cl. The zero-order valence-electron chi connectivity index (χ0n) is 13.7. The highest BCUT2D eigenvalue weighted by molar-refractivity contribution is 9.10. The number of amides is 1. The maximum atomic E-state index is 12.4. The van der Waals surface area contributed by atoms with E-state index in [1.54, 1.807) is 6.92 Å². The summed E-state index contributed by atoms with van der Waals surface area (Å²) in [5.41, 5.74) is 5.88. The van der Waals surface area contributed by atoms with Crippen LogP contribution in [0.3, 0.4) is 0 Å². The van der Waals surface area contributed by atoms with Crippen molar-refractivity contribution < 1.29 is 9.53 Å². The van der Waals surface area contributed by atoms with Gasteiger partial charge in [-0.25, -0.2) is 0 Å². The normalized spacial score (nSPS) is 14.0. The minimum atomic E-state index is -1.07. The minimum absolute atomic E-state index is 0. The second-order valence-electron chi connectivity index (χ2n) is 5.66. The molecule has 0 aromatic heterocycles. The van der Waals surface area contributed by atoms with Crippen LogP contribution in [-0.2, 0) is 10.3 Å². The predicted molar refractivity (Wildman–Crippen MR) is 102 cm³/mol. The zero-order valence-corrected chi connectivity index (χ0v) is 16.1. The Morgan fingerprint density at radius 3 is 2.54 bits per heavy atom. The van der Waals surface area contributed by atoms with Crippen LogP contribution in [0.25, 0.3) is 0 Å². The van der Waals surface area contributed by atoms with Crippen LogP contribution in [0.15, 0.2) is 59.1 Å². The fraction of sp³-hybridized carbons (Fsp3) is 0.278. The molecule has 24 heavy (non-hydrogen) atoms. The Morgan fingerprint density at radius 1 is 1.25 bits per heavy atom. The molecule has 2 atom stereocenters. The highest BCUT2D eigenvalue weighted by Crippen LogP contribution is 2.19. The molecule has 0 bridgehead atoms.